The molecule has 9 heteroatoms. The fourth-order valence-corrected chi connectivity index (χ4v) is 5.23. The number of rotatable bonds is 7. The Morgan fingerprint density at radius 3 is 2.60 bits per heavy atom. The van der Waals surface area contributed by atoms with Crippen molar-refractivity contribution in [1.29, 1.82) is 0 Å². The molecule has 2 rings (SSSR count). The van der Waals surface area contributed by atoms with Crippen LogP contribution in [0.25, 0.3) is 0 Å². The molecule has 5 nitrogen and oxygen atoms in total. The number of halogens is 2. The van der Waals surface area contributed by atoms with Crippen LogP contribution in [0, 0.1) is 0 Å². The zero-order chi connectivity index (χ0) is 18.6. The van der Waals surface area contributed by atoms with Gasteiger partial charge < -0.3 is 5.32 Å². The summed E-state index contributed by atoms with van der Waals surface area (Å²) in [5.41, 5.74) is 0.818. The van der Waals surface area contributed by atoms with Crippen LogP contribution in [0.2, 0.25) is 10.0 Å². The zero-order valence-electron chi connectivity index (χ0n) is 13.7. The molecule has 0 fully saturated rings. The van der Waals surface area contributed by atoms with E-state index >= 15 is 0 Å². The maximum Gasteiger partial charge on any atom is 0.250 e. The molecule has 136 valence electrons. The molecular formula is C16H18Cl2N2O3S2. The molecule has 0 radical (unpaired) electrons. The van der Waals surface area contributed by atoms with Crippen LogP contribution in [0.15, 0.2) is 34.5 Å². The molecule has 1 aromatic carbocycles. The number of benzene rings is 1. The Morgan fingerprint density at radius 1 is 1.24 bits per heavy atom. The van der Waals surface area contributed by atoms with Crippen molar-refractivity contribution in [2.75, 3.05) is 0 Å². The van der Waals surface area contributed by atoms with Gasteiger partial charge in [0, 0.05) is 27.9 Å². The molecule has 0 aliphatic carbocycles. The summed E-state index contributed by atoms with van der Waals surface area (Å²) >= 11 is 13.1. The summed E-state index contributed by atoms with van der Waals surface area (Å²) in [5, 5.41) is 3.68. The summed E-state index contributed by atoms with van der Waals surface area (Å²) in [5.74, 6) is -0.163. The molecule has 1 unspecified atom stereocenters. The smallest absolute Gasteiger partial charge is 0.250 e. The van der Waals surface area contributed by atoms with Crippen molar-refractivity contribution in [3.63, 3.8) is 0 Å². The molecule has 2 N–H and O–H groups in total. The van der Waals surface area contributed by atoms with Crippen molar-refractivity contribution in [2.45, 2.75) is 37.1 Å². The van der Waals surface area contributed by atoms with Crippen LogP contribution in [0.3, 0.4) is 0 Å². The Labute approximate surface area is 161 Å². The highest BCUT2D eigenvalue weighted by Crippen LogP contribution is 2.24. The van der Waals surface area contributed by atoms with Crippen LogP contribution in [0.4, 0.5) is 0 Å². The minimum absolute atomic E-state index is 0.163. The van der Waals surface area contributed by atoms with Crippen LogP contribution in [0.1, 0.15) is 24.3 Å². The van der Waals surface area contributed by atoms with Gasteiger partial charge in [0.2, 0.25) is 15.9 Å². The van der Waals surface area contributed by atoms with Gasteiger partial charge in [0.1, 0.15) is 4.21 Å². The molecule has 0 aliphatic heterocycles. The fourth-order valence-electron chi connectivity index (χ4n) is 2.19. The normalized spacial score (nSPS) is 12.8. The third-order valence-electron chi connectivity index (χ3n) is 3.31. The van der Waals surface area contributed by atoms with E-state index in [0.29, 0.717) is 23.0 Å². The van der Waals surface area contributed by atoms with E-state index in [2.05, 4.69) is 10.0 Å². The molecule has 1 atom stereocenters. The van der Waals surface area contributed by atoms with Gasteiger partial charge in [0.25, 0.3) is 0 Å². The molecule has 1 aromatic heterocycles. The van der Waals surface area contributed by atoms with Crippen molar-refractivity contribution >= 4 is 50.5 Å². The first-order chi connectivity index (χ1) is 11.7. The van der Waals surface area contributed by atoms with Crippen LogP contribution in [-0.2, 0) is 27.8 Å². The van der Waals surface area contributed by atoms with Crippen LogP contribution >= 0.6 is 34.5 Å². The predicted octanol–water partition coefficient (Wildman–Crippen LogP) is 3.60. The van der Waals surface area contributed by atoms with E-state index in [0.717, 1.165) is 21.8 Å². The summed E-state index contributed by atoms with van der Waals surface area (Å²) in [7, 11) is -3.63. The summed E-state index contributed by atoms with van der Waals surface area (Å²) in [6.45, 7) is 3.50. The van der Waals surface area contributed by atoms with Crippen molar-refractivity contribution < 1.29 is 13.2 Å². The molecule has 0 spiro atoms. The van der Waals surface area contributed by atoms with E-state index in [1.807, 2.05) is 0 Å². The fraction of sp³-hybridized carbons (Fsp3) is 0.312. The lowest BCUT2D eigenvalue weighted by Crippen LogP contribution is -2.33. The Hall–Kier alpha value is -1.12. The molecule has 0 saturated heterocycles. The number of carbonyl (C=O) groups excluding carboxylic acids is 1. The number of hydrogen-bond donors (Lipinski definition) is 2. The lowest BCUT2D eigenvalue weighted by Gasteiger charge is -2.14. The maximum absolute atomic E-state index is 12.5. The van der Waals surface area contributed by atoms with Crippen molar-refractivity contribution in [3.05, 3.63) is 50.8 Å². The highest BCUT2D eigenvalue weighted by Gasteiger charge is 2.20. The average Bonchev–Trinajstić information content (AvgIpc) is 2.97. The Bertz CT molecular complexity index is 866. The van der Waals surface area contributed by atoms with Crippen molar-refractivity contribution in [1.82, 2.24) is 10.0 Å². The third-order valence-corrected chi connectivity index (χ3v) is 7.06. The lowest BCUT2D eigenvalue weighted by molar-refractivity contribution is -0.119. The second-order valence-electron chi connectivity index (χ2n) is 5.59. The first kappa shape index (κ1) is 20.2. The van der Waals surface area contributed by atoms with E-state index in [4.69, 9.17) is 23.2 Å². The monoisotopic (exact) mass is 420 g/mol. The standard InChI is InChI=1S/C16H18Cl2N2O3S2/c1-10(7-12-3-4-13(17)8-15(12)18)20-25(22,23)16-6-5-14(24-16)9-19-11(2)21/h3-6,8,10,20H,7,9H2,1-2H3,(H,19,21). The van der Waals surface area contributed by atoms with E-state index < -0.39 is 10.0 Å². The van der Waals surface area contributed by atoms with E-state index in [9.17, 15) is 13.2 Å². The molecule has 25 heavy (non-hydrogen) atoms. The topological polar surface area (TPSA) is 75.3 Å². The second-order valence-corrected chi connectivity index (χ2v) is 9.55. The zero-order valence-corrected chi connectivity index (χ0v) is 16.8. The van der Waals surface area contributed by atoms with Gasteiger partial charge in [-0.2, -0.15) is 0 Å². The van der Waals surface area contributed by atoms with Gasteiger partial charge in [-0.05, 0) is 43.2 Å². The molecule has 0 saturated carbocycles. The largest absolute Gasteiger partial charge is 0.351 e. The summed E-state index contributed by atoms with van der Waals surface area (Å²) in [6, 6.07) is 8.02. The number of nitrogens with one attached hydrogen (secondary N) is 2. The Balaban J connectivity index is 2.03. The third kappa shape index (κ3) is 5.97. The molecular weight excluding hydrogens is 403 g/mol. The molecule has 2 aromatic rings. The lowest BCUT2D eigenvalue weighted by atomic mass is 10.1. The average molecular weight is 421 g/mol. The molecule has 1 heterocycles. The minimum atomic E-state index is -3.63. The maximum atomic E-state index is 12.5. The van der Waals surface area contributed by atoms with E-state index in [1.54, 1.807) is 31.2 Å². The number of sulfonamides is 1. The van der Waals surface area contributed by atoms with Gasteiger partial charge in [0.05, 0.1) is 6.54 Å². The van der Waals surface area contributed by atoms with E-state index in [-0.39, 0.29) is 16.2 Å². The summed E-state index contributed by atoms with van der Waals surface area (Å²) in [4.78, 5) is 11.7. The minimum Gasteiger partial charge on any atom is -0.351 e. The van der Waals surface area contributed by atoms with Gasteiger partial charge in [0.15, 0.2) is 0 Å². The quantitative estimate of drug-likeness (QED) is 0.718. The highest BCUT2D eigenvalue weighted by atomic mass is 35.5. The highest BCUT2D eigenvalue weighted by molar-refractivity contribution is 7.91. The van der Waals surface area contributed by atoms with Crippen LogP contribution < -0.4 is 10.0 Å². The summed E-state index contributed by atoms with van der Waals surface area (Å²) in [6.07, 6.45) is 0.444. The van der Waals surface area contributed by atoms with Gasteiger partial charge in [-0.25, -0.2) is 13.1 Å². The van der Waals surface area contributed by atoms with Gasteiger partial charge in [-0.3, -0.25) is 4.79 Å². The van der Waals surface area contributed by atoms with Crippen molar-refractivity contribution in [2.24, 2.45) is 0 Å². The second kappa shape index (κ2) is 8.51. The van der Waals surface area contributed by atoms with Crippen LogP contribution in [0.5, 0.6) is 0 Å². The van der Waals surface area contributed by atoms with Crippen molar-refractivity contribution in [3.8, 4) is 0 Å². The van der Waals surface area contributed by atoms with Crippen LogP contribution in [-0.4, -0.2) is 20.4 Å². The number of amides is 1. The SMILES string of the molecule is CC(=O)NCc1ccc(S(=O)(=O)NC(C)Cc2ccc(Cl)cc2Cl)s1. The first-order valence-corrected chi connectivity index (χ1v) is 10.5. The molecule has 0 aliphatic rings. The first-order valence-electron chi connectivity index (χ1n) is 7.47. The van der Waals surface area contributed by atoms with E-state index in [1.165, 1.54) is 13.0 Å². The number of hydrogen-bond acceptors (Lipinski definition) is 4. The van der Waals surface area contributed by atoms with Gasteiger partial charge >= 0.3 is 0 Å². The molecule has 0 bridgehead atoms. The predicted molar refractivity (Wildman–Crippen MR) is 102 cm³/mol. The Kier molecular flexibility index (Phi) is 6.87. The van der Waals surface area contributed by atoms with Gasteiger partial charge in [-0.15, -0.1) is 11.3 Å². The Morgan fingerprint density at radius 2 is 1.96 bits per heavy atom. The molecule has 1 amide bonds. The van der Waals surface area contributed by atoms with Gasteiger partial charge in [-0.1, -0.05) is 29.3 Å². The summed E-state index contributed by atoms with van der Waals surface area (Å²) < 4.78 is 27.8. The number of carbonyl (C=O) groups is 1. The number of thiophene rings is 1.